The number of aromatic hydroxyl groups is 1. The van der Waals surface area contributed by atoms with Crippen molar-refractivity contribution in [3.8, 4) is 16.9 Å². The van der Waals surface area contributed by atoms with E-state index in [0.29, 0.717) is 41.8 Å². The van der Waals surface area contributed by atoms with E-state index in [4.69, 9.17) is 0 Å². The van der Waals surface area contributed by atoms with Crippen molar-refractivity contribution in [2.24, 2.45) is 0 Å². The molecular weight excluding hydrogens is 403 g/mol. The van der Waals surface area contributed by atoms with Crippen LogP contribution in [0, 0.1) is 19.7 Å². The molecule has 0 aliphatic rings. The summed E-state index contributed by atoms with van der Waals surface area (Å²) < 4.78 is 15.1. The van der Waals surface area contributed by atoms with Crippen molar-refractivity contribution < 1.29 is 9.50 Å². The average Bonchev–Trinajstić information content (AvgIpc) is 2.76. The Kier molecular flexibility index (Phi) is 6.17. The molecule has 3 aromatic carbocycles. The van der Waals surface area contributed by atoms with Crippen LogP contribution < -0.4 is 5.56 Å². The van der Waals surface area contributed by atoms with Crippen LogP contribution in [-0.4, -0.2) is 14.9 Å². The second-order valence-corrected chi connectivity index (χ2v) is 8.04. The van der Waals surface area contributed by atoms with Gasteiger partial charge in [-0.25, -0.2) is 9.07 Å². The number of halogens is 1. The van der Waals surface area contributed by atoms with Gasteiger partial charge in [-0.1, -0.05) is 60.2 Å². The Balaban J connectivity index is 1.81. The van der Waals surface area contributed by atoms with Crippen LogP contribution in [-0.2, 0) is 19.4 Å². The van der Waals surface area contributed by atoms with Crippen LogP contribution in [0.5, 0.6) is 5.75 Å². The lowest BCUT2D eigenvalue weighted by Crippen LogP contribution is -2.29. The molecular formula is C27H25FN2O2. The van der Waals surface area contributed by atoms with Gasteiger partial charge >= 0.3 is 0 Å². The van der Waals surface area contributed by atoms with Crippen LogP contribution in [0.15, 0.2) is 77.6 Å². The molecule has 0 spiro atoms. The lowest BCUT2D eigenvalue weighted by Gasteiger charge is -2.16. The van der Waals surface area contributed by atoms with Crippen molar-refractivity contribution in [2.45, 2.75) is 33.2 Å². The summed E-state index contributed by atoms with van der Waals surface area (Å²) in [6, 6.07) is 21.3. The third kappa shape index (κ3) is 4.62. The molecule has 162 valence electrons. The van der Waals surface area contributed by atoms with Crippen LogP contribution in [0.2, 0.25) is 0 Å². The molecule has 5 heteroatoms. The zero-order valence-electron chi connectivity index (χ0n) is 18.2. The maximum absolute atomic E-state index is 13.7. The summed E-state index contributed by atoms with van der Waals surface area (Å²) in [7, 11) is 0. The zero-order chi connectivity index (χ0) is 22.7. The molecule has 0 amide bonds. The Morgan fingerprint density at radius 3 is 2.41 bits per heavy atom. The minimum absolute atomic E-state index is 0.0974. The number of aromatic nitrogens is 2. The summed E-state index contributed by atoms with van der Waals surface area (Å²) in [6.45, 7) is 4.21. The second-order valence-electron chi connectivity index (χ2n) is 8.04. The SMILES string of the molecule is Cc1cccc(Cn2nc(C)c(-c3ccccc3O)c(CCc3cccc(F)c3)c2=O)c1. The maximum Gasteiger partial charge on any atom is 0.270 e. The Labute approximate surface area is 186 Å². The van der Waals surface area contributed by atoms with Gasteiger partial charge in [-0.05, 0) is 56.0 Å². The van der Waals surface area contributed by atoms with Crippen molar-refractivity contribution in [2.75, 3.05) is 0 Å². The quantitative estimate of drug-likeness (QED) is 0.459. The Morgan fingerprint density at radius 1 is 0.906 bits per heavy atom. The Morgan fingerprint density at radius 2 is 1.66 bits per heavy atom. The largest absolute Gasteiger partial charge is 0.507 e. The molecule has 0 bridgehead atoms. The van der Waals surface area contributed by atoms with E-state index in [1.54, 1.807) is 24.3 Å². The van der Waals surface area contributed by atoms with Crippen molar-refractivity contribution in [3.63, 3.8) is 0 Å². The Hall–Kier alpha value is -3.73. The second kappa shape index (κ2) is 9.18. The van der Waals surface area contributed by atoms with Crippen molar-refractivity contribution in [3.05, 3.63) is 117 Å². The molecule has 32 heavy (non-hydrogen) atoms. The van der Waals surface area contributed by atoms with E-state index in [0.717, 1.165) is 16.7 Å². The predicted octanol–water partition coefficient (Wildman–Crippen LogP) is 5.21. The van der Waals surface area contributed by atoms with Gasteiger partial charge in [-0.15, -0.1) is 0 Å². The smallest absolute Gasteiger partial charge is 0.270 e. The number of phenolic OH excluding ortho intramolecular Hbond substituents is 1. The van der Waals surface area contributed by atoms with E-state index in [1.165, 1.54) is 16.8 Å². The molecule has 4 nitrogen and oxygen atoms in total. The van der Waals surface area contributed by atoms with Gasteiger partial charge in [0.25, 0.3) is 5.56 Å². The maximum atomic E-state index is 13.7. The van der Waals surface area contributed by atoms with Crippen LogP contribution in [0.1, 0.15) is 27.9 Å². The van der Waals surface area contributed by atoms with Gasteiger partial charge in [0.1, 0.15) is 11.6 Å². The standard InChI is InChI=1S/C27H25FN2O2/c1-18-7-5-9-21(15-18)17-30-27(32)24(14-13-20-8-6-10-22(28)16-20)26(19(2)29-30)23-11-3-4-12-25(23)31/h3-12,15-16,31H,13-14,17H2,1-2H3. The van der Waals surface area contributed by atoms with Crippen LogP contribution in [0.3, 0.4) is 0 Å². The molecule has 0 atom stereocenters. The van der Waals surface area contributed by atoms with E-state index >= 15 is 0 Å². The lowest BCUT2D eigenvalue weighted by molar-refractivity contribution is 0.477. The van der Waals surface area contributed by atoms with Crippen molar-refractivity contribution >= 4 is 0 Å². The van der Waals surface area contributed by atoms with E-state index < -0.39 is 0 Å². The zero-order valence-corrected chi connectivity index (χ0v) is 18.2. The molecule has 1 heterocycles. The lowest BCUT2D eigenvalue weighted by atomic mass is 9.94. The first-order valence-corrected chi connectivity index (χ1v) is 10.6. The number of aryl methyl sites for hydroxylation is 3. The van der Waals surface area contributed by atoms with Gasteiger partial charge in [-0.3, -0.25) is 4.79 Å². The number of rotatable bonds is 6. The molecule has 4 aromatic rings. The summed E-state index contributed by atoms with van der Waals surface area (Å²) in [5.74, 6) is -0.202. The molecule has 0 radical (unpaired) electrons. The topological polar surface area (TPSA) is 55.1 Å². The highest BCUT2D eigenvalue weighted by Gasteiger charge is 2.19. The fourth-order valence-electron chi connectivity index (χ4n) is 4.08. The van der Waals surface area contributed by atoms with Crippen LogP contribution in [0.4, 0.5) is 4.39 Å². The molecule has 0 saturated heterocycles. The number of hydrogen-bond acceptors (Lipinski definition) is 3. The van der Waals surface area contributed by atoms with Crippen molar-refractivity contribution in [1.29, 1.82) is 0 Å². The Bertz CT molecular complexity index is 1330. The fraction of sp³-hybridized carbons (Fsp3) is 0.185. The molecule has 1 N–H and O–H groups in total. The van der Waals surface area contributed by atoms with Gasteiger partial charge < -0.3 is 5.11 Å². The van der Waals surface area contributed by atoms with Gasteiger partial charge in [0.15, 0.2) is 0 Å². The summed E-state index contributed by atoms with van der Waals surface area (Å²) in [5.41, 5.74) is 5.16. The van der Waals surface area contributed by atoms with Gasteiger partial charge in [0.05, 0.1) is 12.2 Å². The third-order valence-electron chi connectivity index (χ3n) is 5.57. The molecule has 0 unspecified atom stereocenters. The summed E-state index contributed by atoms with van der Waals surface area (Å²) >= 11 is 0. The number of hydrogen-bond donors (Lipinski definition) is 1. The summed E-state index contributed by atoms with van der Waals surface area (Å²) in [5, 5.41) is 15.1. The van der Waals surface area contributed by atoms with Gasteiger partial charge in [0.2, 0.25) is 0 Å². The molecule has 0 fully saturated rings. The average molecular weight is 429 g/mol. The van der Waals surface area contributed by atoms with Crippen LogP contribution in [0.25, 0.3) is 11.1 Å². The third-order valence-corrected chi connectivity index (χ3v) is 5.57. The number of phenols is 1. The minimum atomic E-state index is -0.300. The first-order chi connectivity index (χ1) is 15.4. The van der Waals surface area contributed by atoms with Gasteiger partial charge in [0, 0.05) is 16.7 Å². The van der Waals surface area contributed by atoms with Crippen LogP contribution >= 0.6 is 0 Å². The molecule has 1 aromatic heterocycles. The summed E-state index contributed by atoms with van der Waals surface area (Å²) in [4.78, 5) is 13.5. The van der Waals surface area contributed by atoms with Gasteiger partial charge in [-0.2, -0.15) is 5.10 Å². The molecule has 4 rings (SSSR count). The monoisotopic (exact) mass is 428 g/mol. The first-order valence-electron chi connectivity index (χ1n) is 10.6. The number of nitrogens with zero attached hydrogens (tertiary/aromatic N) is 2. The fourth-order valence-corrected chi connectivity index (χ4v) is 4.08. The van der Waals surface area contributed by atoms with Crippen molar-refractivity contribution in [1.82, 2.24) is 9.78 Å². The van der Waals surface area contributed by atoms with E-state index in [1.807, 2.05) is 50.2 Å². The van der Waals surface area contributed by atoms with E-state index in [-0.39, 0.29) is 17.1 Å². The normalized spacial score (nSPS) is 11.0. The minimum Gasteiger partial charge on any atom is -0.507 e. The predicted molar refractivity (Wildman–Crippen MR) is 124 cm³/mol. The highest BCUT2D eigenvalue weighted by Crippen LogP contribution is 2.32. The van der Waals surface area contributed by atoms with E-state index in [2.05, 4.69) is 5.10 Å². The molecule has 0 aliphatic carbocycles. The molecule has 0 saturated carbocycles. The van der Waals surface area contributed by atoms with E-state index in [9.17, 15) is 14.3 Å². The molecule has 0 aliphatic heterocycles. The highest BCUT2D eigenvalue weighted by molar-refractivity contribution is 5.74. The first kappa shape index (κ1) is 21.5. The summed E-state index contributed by atoms with van der Waals surface area (Å²) in [6.07, 6.45) is 0.907. The number of benzene rings is 3. The highest BCUT2D eigenvalue weighted by atomic mass is 19.1. The number of para-hydroxylation sites is 1.